The van der Waals surface area contributed by atoms with Crippen LogP contribution < -0.4 is 10.1 Å². The summed E-state index contributed by atoms with van der Waals surface area (Å²) in [4.78, 5) is 15.5. The molecule has 1 aromatic heterocycles. The molecule has 0 radical (unpaired) electrons. The lowest BCUT2D eigenvalue weighted by atomic mass is 10.0. The number of benzene rings is 1. The topological polar surface area (TPSA) is 41.6 Å². The number of rotatable bonds is 6. The first-order valence-corrected chi connectivity index (χ1v) is 8.86. The van der Waals surface area contributed by atoms with E-state index >= 15 is 0 Å². The van der Waals surface area contributed by atoms with Gasteiger partial charge in [0.05, 0.1) is 18.0 Å². The summed E-state index contributed by atoms with van der Waals surface area (Å²) in [5.74, 6) is 0.883. The maximum atomic E-state index is 12.3. The highest BCUT2D eigenvalue weighted by molar-refractivity contribution is 7.12. The molecule has 1 unspecified atom stereocenters. The van der Waals surface area contributed by atoms with Crippen LogP contribution in [0.4, 0.5) is 0 Å². The monoisotopic (exact) mass is 330 g/mol. The molecule has 0 aliphatic carbocycles. The van der Waals surface area contributed by atoms with E-state index in [-0.39, 0.29) is 11.9 Å². The van der Waals surface area contributed by atoms with Crippen molar-refractivity contribution in [2.75, 3.05) is 26.7 Å². The number of ether oxygens (including phenoxy) is 1. The van der Waals surface area contributed by atoms with Gasteiger partial charge in [-0.1, -0.05) is 24.3 Å². The molecule has 1 aliphatic heterocycles. The first kappa shape index (κ1) is 16.0. The first-order valence-electron chi connectivity index (χ1n) is 7.98. The fourth-order valence-electron chi connectivity index (χ4n) is 3.11. The summed E-state index contributed by atoms with van der Waals surface area (Å²) in [6.45, 7) is 2.73. The Morgan fingerprint density at radius 1 is 1.26 bits per heavy atom. The minimum absolute atomic E-state index is 0.000838. The number of nitrogens with zero attached hydrogens (tertiary/aromatic N) is 1. The zero-order valence-electron chi connectivity index (χ0n) is 13.3. The molecule has 1 aromatic carbocycles. The van der Waals surface area contributed by atoms with Crippen LogP contribution in [0.15, 0.2) is 41.8 Å². The van der Waals surface area contributed by atoms with E-state index in [4.69, 9.17) is 4.74 Å². The van der Waals surface area contributed by atoms with E-state index < -0.39 is 0 Å². The van der Waals surface area contributed by atoms with Crippen LogP contribution in [0.3, 0.4) is 0 Å². The van der Waals surface area contributed by atoms with Crippen molar-refractivity contribution in [3.8, 4) is 5.75 Å². The van der Waals surface area contributed by atoms with Crippen LogP contribution in [0.1, 0.15) is 34.1 Å². The standard InChI is InChI=1S/C18H22N2O2S/c1-22-16-8-3-2-7-14(16)15(20-10-4-5-11-20)13-19-18(21)17-9-6-12-23-17/h2-3,6-9,12,15H,4-5,10-11,13H2,1H3,(H,19,21). The van der Waals surface area contributed by atoms with Crippen molar-refractivity contribution in [3.05, 3.63) is 52.2 Å². The molecule has 3 rings (SSSR count). The molecule has 2 heterocycles. The number of carbonyl (C=O) groups is 1. The number of para-hydroxylation sites is 1. The molecule has 0 bridgehead atoms. The minimum atomic E-state index is -0.000838. The molecule has 1 saturated heterocycles. The molecule has 23 heavy (non-hydrogen) atoms. The van der Waals surface area contributed by atoms with Gasteiger partial charge in [-0.3, -0.25) is 9.69 Å². The maximum Gasteiger partial charge on any atom is 0.261 e. The van der Waals surface area contributed by atoms with Gasteiger partial charge in [-0.2, -0.15) is 0 Å². The molecule has 5 heteroatoms. The van der Waals surface area contributed by atoms with Crippen LogP contribution >= 0.6 is 11.3 Å². The molecule has 1 N–H and O–H groups in total. The van der Waals surface area contributed by atoms with E-state index in [1.165, 1.54) is 24.2 Å². The molecule has 1 atom stereocenters. The predicted octanol–water partition coefficient (Wildman–Crippen LogP) is 3.32. The quantitative estimate of drug-likeness (QED) is 0.883. The van der Waals surface area contributed by atoms with Crippen molar-refractivity contribution in [2.24, 2.45) is 0 Å². The first-order chi connectivity index (χ1) is 11.3. The highest BCUT2D eigenvalue weighted by atomic mass is 32.1. The van der Waals surface area contributed by atoms with E-state index in [0.29, 0.717) is 6.54 Å². The Morgan fingerprint density at radius 2 is 2.04 bits per heavy atom. The molecular formula is C18H22N2O2S. The Kier molecular flexibility index (Phi) is 5.31. The fraction of sp³-hybridized carbons (Fsp3) is 0.389. The van der Waals surface area contributed by atoms with E-state index in [1.807, 2.05) is 35.7 Å². The zero-order valence-corrected chi connectivity index (χ0v) is 14.1. The third-order valence-electron chi connectivity index (χ3n) is 4.28. The summed E-state index contributed by atoms with van der Waals surface area (Å²) >= 11 is 1.47. The molecule has 1 amide bonds. The predicted molar refractivity (Wildman–Crippen MR) is 93.2 cm³/mol. The van der Waals surface area contributed by atoms with Crippen molar-refractivity contribution >= 4 is 17.2 Å². The number of methoxy groups -OCH3 is 1. The Hall–Kier alpha value is -1.85. The smallest absolute Gasteiger partial charge is 0.261 e. The average Bonchev–Trinajstić information content (AvgIpc) is 3.29. The van der Waals surface area contributed by atoms with Gasteiger partial charge in [-0.15, -0.1) is 11.3 Å². The lowest BCUT2D eigenvalue weighted by molar-refractivity contribution is 0.0941. The van der Waals surface area contributed by atoms with Gasteiger partial charge in [0.2, 0.25) is 0 Å². The second-order valence-corrected chi connectivity index (χ2v) is 6.64. The van der Waals surface area contributed by atoms with Gasteiger partial charge in [0, 0.05) is 12.1 Å². The number of hydrogen-bond acceptors (Lipinski definition) is 4. The Balaban J connectivity index is 1.77. The lowest BCUT2D eigenvalue weighted by Gasteiger charge is -2.29. The Labute approximate surface area is 141 Å². The zero-order chi connectivity index (χ0) is 16.1. The van der Waals surface area contributed by atoms with Crippen LogP contribution in [0.5, 0.6) is 5.75 Å². The number of likely N-dealkylation sites (tertiary alicyclic amines) is 1. The average molecular weight is 330 g/mol. The molecule has 0 saturated carbocycles. The Morgan fingerprint density at radius 3 is 2.74 bits per heavy atom. The molecule has 1 fully saturated rings. The summed E-state index contributed by atoms with van der Waals surface area (Å²) in [6, 6.07) is 12.0. The largest absolute Gasteiger partial charge is 0.496 e. The summed E-state index contributed by atoms with van der Waals surface area (Å²) in [5, 5.41) is 5.01. The van der Waals surface area contributed by atoms with Crippen molar-refractivity contribution in [1.29, 1.82) is 0 Å². The normalized spacial score (nSPS) is 16.2. The number of amides is 1. The van der Waals surface area contributed by atoms with E-state index in [0.717, 1.165) is 29.3 Å². The summed E-state index contributed by atoms with van der Waals surface area (Å²) in [5.41, 5.74) is 1.14. The van der Waals surface area contributed by atoms with Crippen LogP contribution in [-0.4, -0.2) is 37.6 Å². The number of hydrogen-bond donors (Lipinski definition) is 1. The minimum Gasteiger partial charge on any atom is -0.496 e. The van der Waals surface area contributed by atoms with Gasteiger partial charge in [-0.05, 0) is 43.4 Å². The second-order valence-electron chi connectivity index (χ2n) is 5.69. The number of thiophene rings is 1. The highest BCUT2D eigenvalue weighted by Crippen LogP contribution is 2.31. The van der Waals surface area contributed by atoms with Crippen LogP contribution in [-0.2, 0) is 0 Å². The van der Waals surface area contributed by atoms with Gasteiger partial charge in [0.25, 0.3) is 5.91 Å². The van der Waals surface area contributed by atoms with Crippen molar-refractivity contribution in [2.45, 2.75) is 18.9 Å². The highest BCUT2D eigenvalue weighted by Gasteiger charge is 2.26. The van der Waals surface area contributed by atoms with Crippen molar-refractivity contribution < 1.29 is 9.53 Å². The molecule has 4 nitrogen and oxygen atoms in total. The fourth-order valence-corrected chi connectivity index (χ4v) is 3.76. The van der Waals surface area contributed by atoms with Gasteiger partial charge in [-0.25, -0.2) is 0 Å². The van der Waals surface area contributed by atoms with Crippen molar-refractivity contribution in [3.63, 3.8) is 0 Å². The Bertz CT molecular complexity index is 636. The van der Waals surface area contributed by atoms with Crippen LogP contribution in [0, 0.1) is 0 Å². The third-order valence-corrected chi connectivity index (χ3v) is 5.15. The molecule has 122 valence electrons. The van der Waals surface area contributed by atoms with Gasteiger partial charge < -0.3 is 10.1 Å². The number of nitrogens with one attached hydrogen (secondary N) is 1. The van der Waals surface area contributed by atoms with Gasteiger partial charge in [0.1, 0.15) is 5.75 Å². The second kappa shape index (κ2) is 7.62. The van der Waals surface area contributed by atoms with Gasteiger partial charge >= 0.3 is 0 Å². The summed E-state index contributed by atoms with van der Waals surface area (Å²) in [7, 11) is 1.70. The van der Waals surface area contributed by atoms with E-state index in [1.54, 1.807) is 7.11 Å². The maximum absolute atomic E-state index is 12.3. The van der Waals surface area contributed by atoms with Crippen molar-refractivity contribution in [1.82, 2.24) is 10.2 Å². The lowest BCUT2D eigenvalue weighted by Crippen LogP contribution is -2.36. The molecule has 0 spiro atoms. The molecule has 1 aliphatic rings. The summed E-state index contributed by atoms with van der Waals surface area (Å²) in [6.07, 6.45) is 2.43. The van der Waals surface area contributed by atoms with Gasteiger partial charge in [0.15, 0.2) is 0 Å². The third kappa shape index (κ3) is 3.74. The van der Waals surface area contributed by atoms with E-state index in [2.05, 4.69) is 16.3 Å². The molecule has 2 aromatic rings. The van der Waals surface area contributed by atoms with Crippen LogP contribution in [0.25, 0.3) is 0 Å². The SMILES string of the molecule is COc1ccccc1C(CNC(=O)c1cccs1)N1CCCC1. The van der Waals surface area contributed by atoms with E-state index in [9.17, 15) is 4.79 Å². The summed E-state index contributed by atoms with van der Waals surface area (Å²) < 4.78 is 5.53. The number of carbonyl (C=O) groups excluding carboxylic acids is 1. The van der Waals surface area contributed by atoms with Crippen LogP contribution in [0.2, 0.25) is 0 Å². The molecular weight excluding hydrogens is 308 g/mol.